The van der Waals surface area contributed by atoms with Crippen LogP contribution in [0.4, 0.5) is 0 Å². The number of hydrogen-bond donors (Lipinski definition) is 0. The van der Waals surface area contributed by atoms with Crippen LogP contribution in [0.5, 0.6) is 0 Å². The second kappa shape index (κ2) is 5.07. The van der Waals surface area contributed by atoms with Crippen molar-refractivity contribution < 1.29 is 5.48 Å². The summed E-state index contributed by atoms with van der Waals surface area (Å²) in [6.07, 6.45) is 0. The van der Waals surface area contributed by atoms with Crippen LogP contribution in [0.25, 0.3) is 0 Å². The molecular weight excluding hydrogens is 126 g/mol. The van der Waals surface area contributed by atoms with Crippen LogP contribution in [-0.4, -0.2) is 17.8 Å². The van der Waals surface area contributed by atoms with Crippen molar-refractivity contribution in [2.24, 2.45) is 0 Å². The van der Waals surface area contributed by atoms with Crippen molar-refractivity contribution in [2.75, 3.05) is 0 Å². The Hall–Kier alpha value is 1.07. The zero-order valence-electron chi connectivity index (χ0n) is 2.83. The van der Waals surface area contributed by atoms with E-state index in [4.69, 9.17) is 20.1 Å². The second-order valence-electron chi connectivity index (χ2n) is 0.519. The molecule has 0 heterocycles. The van der Waals surface area contributed by atoms with Gasteiger partial charge in [-0.1, -0.05) is 5.79 Å². The minimum absolute atomic E-state index is 0. The zero-order chi connectivity index (χ0) is 3.58. The van der Waals surface area contributed by atoms with Crippen molar-refractivity contribution in [3.8, 4) is 0 Å². The van der Waals surface area contributed by atoms with E-state index in [1.165, 1.54) is 0 Å². The van der Waals surface area contributed by atoms with Crippen molar-refractivity contribution in [3.63, 3.8) is 0 Å². The van der Waals surface area contributed by atoms with Gasteiger partial charge in [-0.25, -0.2) is 20.1 Å². The minimum atomic E-state index is -1.19. The summed E-state index contributed by atoms with van der Waals surface area (Å²) in [4.78, 5) is 0. The van der Waals surface area contributed by atoms with Gasteiger partial charge in [-0.05, 0) is 0 Å². The molecule has 0 saturated heterocycles. The van der Waals surface area contributed by atoms with Crippen molar-refractivity contribution in [2.45, 2.75) is 5.79 Å². The van der Waals surface area contributed by atoms with Gasteiger partial charge in [0.25, 0.3) is 0 Å². The Morgan fingerprint density at radius 2 is 1.40 bits per heavy atom. The van der Waals surface area contributed by atoms with Crippen molar-refractivity contribution in [3.05, 3.63) is 0 Å². The average molecular weight is 131 g/mol. The lowest BCUT2D eigenvalue weighted by Crippen LogP contribution is -1.72. The van der Waals surface area contributed by atoms with E-state index in [2.05, 4.69) is 0 Å². The third-order valence-electron chi connectivity index (χ3n) is 0. The largest absolute Gasteiger partial charge is 0.516 e. The molecule has 0 unspecified atom stereocenters. The van der Waals surface area contributed by atoms with E-state index in [-0.39, 0.29) is 5.48 Å². The Balaban J connectivity index is 0. The van der Waals surface area contributed by atoms with Gasteiger partial charge in [0.1, 0.15) is 0 Å². The minimum Gasteiger partial charge on any atom is -0.412 e. The molecule has 32 valence electrons. The summed E-state index contributed by atoms with van der Waals surface area (Å²) in [6.45, 7) is 0. The highest BCUT2D eigenvalue weighted by Crippen LogP contribution is 1.89. The lowest BCUT2D eigenvalue weighted by molar-refractivity contribution is 0.824. The van der Waals surface area contributed by atoms with E-state index in [0.717, 1.165) is 0 Å². The fourth-order valence-corrected chi connectivity index (χ4v) is 0. The maximum atomic E-state index is 5.18. The predicted octanol–water partition coefficient (Wildman–Crippen LogP) is 0.757. The first-order valence-electron chi connectivity index (χ1n) is 1.01. The van der Waals surface area contributed by atoms with Crippen LogP contribution in [0.15, 0.2) is 0 Å². The molecule has 0 radical (unpaired) electrons. The highest BCUT2D eigenvalue weighted by atomic mass is 35.7. The molecule has 5 heavy (non-hydrogen) atoms. The fraction of sp³-hybridized carbons (Fsp3) is 1.00. The average Bonchev–Trinajstić information content (AvgIpc) is 0.811. The van der Waals surface area contributed by atoms with Gasteiger partial charge in [-0.3, -0.25) is 0 Å². The quantitative estimate of drug-likeness (QED) is 0.434. The van der Waals surface area contributed by atoms with Crippen LogP contribution in [0.2, 0.25) is 5.79 Å². The molecule has 0 aromatic heterocycles. The molecule has 0 aliphatic heterocycles. The zero-order valence-corrected chi connectivity index (χ0v) is 5.50. The number of rotatable bonds is 0. The maximum absolute atomic E-state index is 5.18. The van der Waals surface area contributed by atoms with Gasteiger partial charge >= 0.3 is 12.3 Å². The van der Waals surface area contributed by atoms with Crippen LogP contribution >= 0.6 is 20.1 Å². The predicted molar refractivity (Wildman–Crippen MR) is 26.9 cm³/mol. The van der Waals surface area contributed by atoms with E-state index < -0.39 is 12.3 Å². The summed E-state index contributed by atoms with van der Waals surface area (Å²) in [5.41, 5.74) is 0. The first kappa shape index (κ1) is 9.42. The lowest BCUT2D eigenvalue weighted by atomic mass is 11.9. The van der Waals surface area contributed by atoms with Crippen molar-refractivity contribution >= 4 is 32.4 Å². The topological polar surface area (TPSA) is 31.5 Å². The third kappa shape index (κ3) is 41.6. The van der Waals surface area contributed by atoms with E-state index in [9.17, 15) is 0 Å². The molecule has 0 spiro atoms. The Morgan fingerprint density at radius 1 is 1.40 bits per heavy atom. The third-order valence-corrected chi connectivity index (χ3v) is 0. The summed E-state index contributed by atoms with van der Waals surface area (Å²) >= 11 is -1.19. The van der Waals surface area contributed by atoms with E-state index in [1.807, 2.05) is 5.79 Å². The molecule has 4 heteroatoms. The molecule has 0 amide bonds. The molecule has 1 nitrogen and oxygen atoms in total. The van der Waals surface area contributed by atoms with Gasteiger partial charge in [-0.15, -0.1) is 0 Å². The molecular formula is CH5AlCl2O. The molecule has 0 saturated carbocycles. The van der Waals surface area contributed by atoms with Gasteiger partial charge in [-0.2, -0.15) is 0 Å². The summed E-state index contributed by atoms with van der Waals surface area (Å²) in [5, 5.41) is 0. The Morgan fingerprint density at radius 3 is 1.40 bits per heavy atom. The van der Waals surface area contributed by atoms with E-state index in [0.29, 0.717) is 0 Å². The Labute approximate surface area is 44.0 Å². The van der Waals surface area contributed by atoms with Crippen LogP contribution in [-0.2, 0) is 0 Å². The van der Waals surface area contributed by atoms with Gasteiger partial charge in [0, 0.05) is 0 Å². The lowest BCUT2D eigenvalue weighted by Gasteiger charge is -1.60. The highest BCUT2D eigenvalue weighted by molar-refractivity contribution is 7.33. The van der Waals surface area contributed by atoms with Gasteiger partial charge < -0.3 is 5.48 Å². The number of hydrogen-bond acceptors (Lipinski definition) is 0. The maximum Gasteiger partial charge on any atom is 0.516 e. The van der Waals surface area contributed by atoms with Gasteiger partial charge in [0.05, 0.1) is 0 Å². The molecule has 2 N–H and O–H groups in total. The van der Waals surface area contributed by atoms with Gasteiger partial charge in [0.2, 0.25) is 0 Å². The van der Waals surface area contributed by atoms with Crippen molar-refractivity contribution in [1.82, 2.24) is 0 Å². The van der Waals surface area contributed by atoms with Crippen LogP contribution < -0.4 is 0 Å². The molecule has 0 atom stereocenters. The first-order valence-corrected chi connectivity index (χ1v) is 5.66. The smallest absolute Gasteiger partial charge is 0.412 e. The normalized spacial score (nSPS) is 5.40. The SMILES string of the molecule is O.[CH3][Al]([Cl])[Cl]. The van der Waals surface area contributed by atoms with E-state index >= 15 is 0 Å². The fourth-order valence-electron chi connectivity index (χ4n) is 0. The first-order chi connectivity index (χ1) is 1.73. The van der Waals surface area contributed by atoms with Crippen LogP contribution in [0, 0.1) is 0 Å². The van der Waals surface area contributed by atoms with E-state index in [1.54, 1.807) is 0 Å². The summed E-state index contributed by atoms with van der Waals surface area (Å²) in [5.74, 6) is 1.84. The van der Waals surface area contributed by atoms with Crippen LogP contribution in [0.3, 0.4) is 0 Å². The second-order valence-corrected chi connectivity index (χ2v) is 6.15. The Kier molecular flexibility index (Phi) is 9.56. The highest BCUT2D eigenvalue weighted by Gasteiger charge is 1.94. The summed E-state index contributed by atoms with van der Waals surface area (Å²) in [7, 11) is 10.4. The molecule has 0 fully saturated rings. The monoisotopic (exact) mass is 130 g/mol. The molecule has 0 aliphatic carbocycles. The van der Waals surface area contributed by atoms with Gasteiger partial charge in [0.15, 0.2) is 0 Å². The summed E-state index contributed by atoms with van der Waals surface area (Å²) in [6, 6.07) is 0. The molecule has 0 aromatic carbocycles. The van der Waals surface area contributed by atoms with Crippen LogP contribution in [0.1, 0.15) is 0 Å². The molecule has 0 aromatic rings. The number of halogens is 2. The molecule has 0 rings (SSSR count). The summed E-state index contributed by atoms with van der Waals surface area (Å²) < 4.78 is 0. The standard InChI is InChI=1S/CH3.Al.2ClH.H2O/h1H3;;2*1H;1H2/q;+2;;;/p-2. The molecule has 0 aliphatic rings. The molecule has 0 bridgehead atoms. The van der Waals surface area contributed by atoms with Crippen molar-refractivity contribution in [1.29, 1.82) is 0 Å². The Bertz CT molecular complexity index is 14.4.